The van der Waals surface area contributed by atoms with Crippen LogP contribution in [-0.2, 0) is 9.53 Å². The third-order valence-electron chi connectivity index (χ3n) is 5.40. The number of ether oxygens (including phenoxy) is 1. The zero-order chi connectivity index (χ0) is 20.6. The molecule has 2 aliphatic heterocycles. The molecule has 0 aliphatic carbocycles. The molecule has 2 heterocycles. The third kappa shape index (κ3) is 7.16. The molecule has 1 aromatic rings. The average molecular weight is 550 g/mol. The zero-order valence-electron chi connectivity index (χ0n) is 17.8. The van der Waals surface area contributed by atoms with Gasteiger partial charge in [-0.05, 0) is 31.4 Å². The summed E-state index contributed by atoms with van der Waals surface area (Å²) in [5.74, 6) is 0.779. The molecular weight excluding hydrogens is 517 g/mol. The normalized spacial score (nSPS) is 19.8. The minimum atomic E-state index is -0.00656. The molecule has 0 bridgehead atoms. The Kier molecular flexibility index (Phi) is 10.5. The summed E-state index contributed by atoms with van der Waals surface area (Å²) >= 11 is 6.36. The lowest BCUT2D eigenvalue weighted by molar-refractivity contribution is -0.127. The van der Waals surface area contributed by atoms with Gasteiger partial charge in [0.2, 0.25) is 5.91 Å². The molecule has 1 aromatic carbocycles. The van der Waals surface area contributed by atoms with Crippen molar-refractivity contribution in [2.75, 3.05) is 64.9 Å². The van der Waals surface area contributed by atoms with Crippen LogP contribution >= 0.6 is 35.6 Å². The van der Waals surface area contributed by atoms with Gasteiger partial charge in [-0.1, -0.05) is 23.7 Å². The first-order valence-electron chi connectivity index (χ1n) is 10.4. The fourth-order valence-corrected chi connectivity index (χ4v) is 3.85. The lowest BCUT2D eigenvalue weighted by Crippen LogP contribution is -2.54. The van der Waals surface area contributed by atoms with Gasteiger partial charge in [-0.15, -0.1) is 24.0 Å². The molecule has 2 saturated heterocycles. The molecule has 168 valence electrons. The smallest absolute Gasteiger partial charge is 0.243 e. The zero-order valence-corrected chi connectivity index (χ0v) is 20.9. The number of guanidine groups is 1. The van der Waals surface area contributed by atoms with Crippen LogP contribution in [0.1, 0.15) is 19.3 Å². The maximum absolute atomic E-state index is 12.0. The second-order valence-corrected chi connectivity index (χ2v) is 8.13. The summed E-state index contributed by atoms with van der Waals surface area (Å²) in [6.45, 7) is 5.04. The molecule has 2 fully saturated rings. The highest BCUT2D eigenvalue weighted by molar-refractivity contribution is 14.0. The molecule has 9 heteroatoms. The molecular formula is C21H33ClIN5O2. The van der Waals surface area contributed by atoms with Crippen molar-refractivity contribution in [1.29, 1.82) is 0 Å². The number of piperazine rings is 1. The van der Waals surface area contributed by atoms with Gasteiger partial charge < -0.3 is 24.8 Å². The maximum atomic E-state index is 12.0. The molecule has 1 atom stereocenters. The average Bonchev–Trinajstić information content (AvgIpc) is 2.75. The predicted molar refractivity (Wildman–Crippen MR) is 133 cm³/mol. The van der Waals surface area contributed by atoms with Crippen molar-refractivity contribution in [1.82, 2.24) is 15.1 Å². The van der Waals surface area contributed by atoms with Gasteiger partial charge in [-0.25, -0.2) is 4.99 Å². The second-order valence-electron chi connectivity index (χ2n) is 7.72. The van der Waals surface area contributed by atoms with E-state index >= 15 is 0 Å². The Morgan fingerprint density at radius 1 is 1.23 bits per heavy atom. The van der Waals surface area contributed by atoms with Crippen LogP contribution in [0.5, 0.6) is 0 Å². The lowest BCUT2D eigenvalue weighted by Gasteiger charge is -2.38. The van der Waals surface area contributed by atoms with Gasteiger partial charge in [0.15, 0.2) is 5.96 Å². The van der Waals surface area contributed by atoms with E-state index in [0.29, 0.717) is 0 Å². The fourth-order valence-electron chi connectivity index (χ4n) is 3.59. The number of likely N-dealkylation sites (N-methyl/N-ethyl adjacent to an activating group) is 1. The highest BCUT2D eigenvalue weighted by atomic mass is 127. The minimum Gasteiger partial charge on any atom is -0.376 e. The molecule has 3 rings (SSSR count). The summed E-state index contributed by atoms with van der Waals surface area (Å²) in [5, 5.41) is 4.23. The van der Waals surface area contributed by atoms with Crippen molar-refractivity contribution >= 4 is 53.1 Å². The van der Waals surface area contributed by atoms with E-state index in [-0.39, 0.29) is 42.5 Å². The topological polar surface area (TPSA) is 60.4 Å². The first kappa shape index (κ1) is 25.0. The van der Waals surface area contributed by atoms with Crippen LogP contribution in [0.4, 0.5) is 5.69 Å². The Labute approximate surface area is 201 Å². The van der Waals surface area contributed by atoms with Gasteiger partial charge in [0, 0.05) is 53.4 Å². The number of hydrogen-bond acceptors (Lipinski definition) is 4. The molecule has 0 saturated carbocycles. The van der Waals surface area contributed by atoms with Crippen LogP contribution < -0.4 is 10.2 Å². The van der Waals surface area contributed by atoms with Crippen LogP contribution in [0.25, 0.3) is 0 Å². The van der Waals surface area contributed by atoms with Gasteiger partial charge in [-0.2, -0.15) is 0 Å². The lowest BCUT2D eigenvalue weighted by atomic mass is 10.1. The van der Waals surface area contributed by atoms with E-state index in [2.05, 4.69) is 26.2 Å². The standard InChI is InChI=1S/C21H32ClN5O2.HI/c1-25(2)20(28)16-24-21(23-15-17-7-5-6-14-29-17)27-12-10-26(11-13-27)19-9-4-3-8-18(19)22;/h3-4,8-9,17H,5-7,10-16H2,1-2H3,(H,23,24);1H. The molecule has 1 unspecified atom stereocenters. The first-order valence-corrected chi connectivity index (χ1v) is 10.8. The summed E-state index contributed by atoms with van der Waals surface area (Å²) in [7, 11) is 3.51. The molecule has 2 aliphatic rings. The summed E-state index contributed by atoms with van der Waals surface area (Å²) in [5.41, 5.74) is 1.07. The summed E-state index contributed by atoms with van der Waals surface area (Å²) in [4.78, 5) is 22.7. The Morgan fingerprint density at radius 2 is 1.97 bits per heavy atom. The number of carbonyl (C=O) groups excluding carboxylic acids is 1. The minimum absolute atomic E-state index is 0. The monoisotopic (exact) mass is 549 g/mol. The van der Waals surface area contributed by atoms with Crippen molar-refractivity contribution < 1.29 is 9.53 Å². The number of nitrogens with zero attached hydrogens (tertiary/aromatic N) is 4. The van der Waals surface area contributed by atoms with Crippen molar-refractivity contribution in [2.45, 2.75) is 25.4 Å². The number of amides is 1. The van der Waals surface area contributed by atoms with Gasteiger partial charge in [-0.3, -0.25) is 4.79 Å². The van der Waals surface area contributed by atoms with Crippen LogP contribution in [0.3, 0.4) is 0 Å². The number of carbonyl (C=O) groups is 1. The number of benzene rings is 1. The number of rotatable bonds is 5. The molecule has 0 radical (unpaired) electrons. The quantitative estimate of drug-likeness (QED) is 0.348. The number of hydrogen-bond donors (Lipinski definition) is 1. The van der Waals surface area contributed by atoms with E-state index in [1.165, 1.54) is 6.42 Å². The number of aliphatic imine (C=N–C) groups is 1. The molecule has 1 N–H and O–H groups in total. The van der Waals surface area contributed by atoms with Crippen LogP contribution in [0.2, 0.25) is 5.02 Å². The van der Waals surface area contributed by atoms with E-state index in [4.69, 9.17) is 16.3 Å². The first-order chi connectivity index (χ1) is 14.0. The van der Waals surface area contributed by atoms with E-state index in [1.54, 1.807) is 19.0 Å². The van der Waals surface area contributed by atoms with Gasteiger partial charge in [0.05, 0.1) is 16.8 Å². The summed E-state index contributed by atoms with van der Waals surface area (Å²) < 4.78 is 5.83. The Morgan fingerprint density at radius 3 is 2.60 bits per heavy atom. The number of para-hydroxylation sites is 1. The van der Waals surface area contributed by atoms with Crippen LogP contribution in [0.15, 0.2) is 29.3 Å². The van der Waals surface area contributed by atoms with Crippen molar-refractivity contribution in [2.24, 2.45) is 4.99 Å². The van der Waals surface area contributed by atoms with Crippen LogP contribution in [0, 0.1) is 0 Å². The SMILES string of the molecule is CN(C)C(=O)CN=C(NCC1CCCCO1)N1CCN(c2ccccc2Cl)CC1.I. The van der Waals surface area contributed by atoms with E-state index in [1.807, 2.05) is 18.2 Å². The van der Waals surface area contributed by atoms with Crippen molar-refractivity contribution in [3.05, 3.63) is 29.3 Å². The highest BCUT2D eigenvalue weighted by Gasteiger charge is 2.23. The van der Waals surface area contributed by atoms with Crippen molar-refractivity contribution in [3.8, 4) is 0 Å². The van der Waals surface area contributed by atoms with Crippen molar-refractivity contribution in [3.63, 3.8) is 0 Å². The summed E-state index contributed by atoms with van der Waals surface area (Å²) in [6, 6.07) is 7.95. The Balaban J connectivity index is 0.00000320. The molecule has 7 nitrogen and oxygen atoms in total. The van der Waals surface area contributed by atoms with Crippen LogP contribution in [-0.4, -0.2) is 87.7 Å². The number of halogens is 2. The predicted octanol–water partition coefficient (Wildman–Crippen LogP) is 2.68. The summed E-state index contributed by atoms with van der Waals surface area (Å²) in [6.07, 6.45) is 3.62. The molecule has 0 aromatic heterocycles. The Hall–Kier alpha value is -1.26. The fraction of sp³-hybridized carbons (Fsp3) is 0.619. The maximum Gasteiger partial charge on any atom is 0.243 e. The second kappa shape index (κ2) is 12.6. The van der Waals surface area contributed by atoms with Gasteiger partial charge in [0.1, 0.15) is 6.54 Å². The highest BCUT2D eigenvalue weighted by Crippen LogP contribution is 2.26. The largest absolute Gasteiger partial charge is 0.376 e. The number of anilines is 1. The molecule has 30 heavy (non-hydrogen) atoms. The molecule has 1 amide bonds. The van der Waals surface area contributed by atoms with Gasteiger partial charge in [0.25, 0.3) is 0 Å². The van der Waals surface area contributed by atoms with E-state index < -0.39 is 0 Å². The molecule has 0 spiro atoms. The number of nitrogens with one attached hydrogen (secondary N) is 1. The Bertz CT molecular complexity index is 704. The third-order valence-corrected chi connectivity index (χ3v) is 5.72. The van der Waals surface area contributed by atoms with E-state index in [9.17, 15) is 4.79 Å². The van der Waals surface area contributed by atoms with E-state index in [0.717, 1.165) is 68.8 Å². The van der Waals surface area contributed by atoms with Gasteiger partial charge >= 0.3 is 0 Å².